The maximum atomic E-state index is 12.9. The smallest absolute Gasteiger partial charge is 0.416 e. The molecule has 0 radical (unpaired) electrons. The van der Waals surface area contributed by atoms with Crippen molar-refractivity contribution in [2.45, 2.75) is 37.8 Å². The topological polar surface area (TPSA) is 107 Å². The van der Waals surface area contributed by atoms with E-state index in [0.717, 1.165) is 68.2 Å². The van der Waals surface area contributed by atoms with Crippen molar-refractivity contribution in [2.75, 3.05) is 25.0 Å². The Morgan fingerprint density at radius 1 is 1.03 bits per heavy atom. The van der Waals surface area contributed by atoms with Crippen molar-refractivity contribution in [3.8, 4) is 0 Å². The molecule has 4 rings (SSSR count). The van der Waals surface area contributed by atoms with Gasteiger partial charge in [-0.3, -0.25) is 9.69 Å². The third kappa shape index (κ3) is 7.17. The van der Waals surface area contributed by atoms with Crippen molar-refractivity contribution in [3.63, 3.8) is 0 Å². The lowest BCUT2D eigenvalue weighted by molar-refractivity contribution is -0.159. The van der Waals surface area contributed by atoms with Crippen LogP contribution in [0.2, 0.25) is 0 Å². The zero-order chi connectivity index (χ0) is 26.3. The summed E-state index contributed by atoms with van der Waals surface area (Å²) in [5, 5.41) is 17.7. The van der Waals surface area contributed by atoms with Crippen LogP contribution in [0.5, 0.6) is 0 Å². The first-order valence-corrected chi connectivity index (χ1v) is 11.5. The summed E-state index contributed by atoms with van der Waals surface area (Å²) in [4.78, 5) is 32.7. The molecule has 2 aromatic carbocycles. The second-order valence-corrected chi connectivity index (χ2v) is 8.59. The Hall–Kier alpha value is -3.66. The minimum Gasteiger partial charge on any atom is -0.473 e. The molecule has 36 heavy (non-hydrogen) atoms. The predicted octanol–water partition coefficient (Wildman–Crippen LogP) is 4.86. The van der Waals surface area contributed by atoms with Crippen molar-refractivity contribution >= 4 is 29.1 Å². The standard InChI is InChI=1S/C24H25F3N2O.C2H2O4/c25-24(26,27)19-7-5-6-18(16-19)17-11-14-29(15-12-17)13-4-3-9-21-20-8-1-2-10-22(20)28-23(21)30;3-1(4)2(5)6/h1-2,5-8,10-11,16,21H,3-4,9,12-15H2,(H,28,30);(H,3,4)(H,5,6). The summed E-state index contributed by atoms with van der Waals surface area (Å²) < 4.78 is 38.8. The first-order chi connectivity index (χ1) is 17.1. The van der Waals surface area contributed by atoms with Crippen molar-refractivity contribution in [2.24, 2.45) is 0 Å². The zero-order valence-electron chi connectivity index (χ0n) is 19.4. The van der Waals surface area contributed by atoms with Gasteiger partial charge < -0.3 is 15.5 Å². The number of carbonyl (C=O) groups excluding carboxylic acids is 1. The van der Waals surface area contributed by atoms with Gasteiger partial charge in [-0.1, -0.05) is 42.8 Å². The van der Waals surface area contributed by atoms with E-state index in [0.29, 0.717) is 5.56 Å². The van der Waals surface area contributed by atoms with Crippen molar-refractivity contribution in [1.29, 1.82) is 0 Å². The highest BCUT2D eigenvalue weighted by molar-refractivity contribution is 6.27. The molecule has 10 heteroatoms. The van der Waals surface area contributed by atoms with E-state index in [-0.39, 0.29) is 11.8 Å². The van der Waals surface area contributed by atoms with Crippen LogP contribution in [0, 0.1) is 0 Å². The lowest BCUT2D eigenvalue weighted by atomic mass is 9.94. The van der Waals surface area contributed by atoms with Gasteiger partial charge in [0, 0.05) is 18.8 Å². The number of carboxylic acid groups (broad SMARTS) is 2. The number of aliphatic carboxylic acids is 2. The van der Waals surface area contributed by atoms with Gasteiger partial charge in [0.15, 0.2) is 0 Å². The summed E-state index contributed by atoms with van der Waals surface area (Å²) in [6.07, 6.45) is 1.28. The third-order valence-corrected chi connectivity index (χ3v) is 6.16. The fraction of sp³-hybridized carbons (Fsp3) is 0.346. The number of rotatable bonds is 6. The Balaban J connectivity index is 0.000000538. The van der Waals surface area contributed by atoms with E-state index < -0.39 is 23.7 Å². The number of nitrogens with zero attached hydrogens (tertiary/aromatic N) is 1. The molecule has 2 aliphatic heterocycles. The van der Waals surface area contributed by atoms with Gasteiger partial charge in [-0.25, -0.2) is 9.59 Å². The summed E-state index contributed by atoms with van der Waals surface area (Å²) in [7, 11) is 0. The quantitative estimate of drug-likeness (QED) is 0.383. The number of para-hydroxylation sites is 1. The number of hydrogen-bond donors (Lipinski definition) is 3. The van der Waals surface area contributed by atoms with Crippen LogP contribution < -0.4 is 5.32 Å². The lowest BCUT2D eigenvalue weighted by Gasteiger charge is -2.26. The molecule has 0 bridgehead atoms. The van der Waals surface area contributed by atoms with E-state index in [1.54, 1.807) is 6.07 Å². The Kier molecular flexibility index (Phi) is 8.87. The van der Waals surface area contributed by atoms with Gasteiger partial charge in [-0.05, 0) is 60.7 Å². The largest absolute Gasteiger partial charge is 0.473 e. The van der Waals surface area contributed by atoms with Gasteiger partial charge in [-0.15, -0.1) is 0 Å². The second kappa shape index (κ2) is 11.9. The number of alkyl halides is 3. The molecular weight excluding hydrogens is 477 g/mol. The third-order valence-electron chi connectivity index (χ3n) is 6.16. The maximum absolute atomic E-state index is 12.9. The first-order valence-electron chi connectivity index (χ1n) is 11.5. The molecule has 0 saturated heterocycles. The van der Waals surface area contributed by atoms with Gasteiger partial charge >= 0.3 is 18.1 Å². The van der Waals surface area contributed by atoms with Gasteiger partial charge in [0.25, 0.3) is 0 Å². The van der Waals surface area contributed by atoms with Gasteiger partial charge in [0.1, 0.15) is 0 Å². The average molecular weight is 505 g/mol. The van der Waals surface area contributed by atoms with E-state index in [2.05, 4.69) is 10.2 Å². The van der Waals surface area contributed by atoms with Gasteiger partial charge in [0.2, 0.25) is 5.91 Å². The van der Waals surface area contributed by atoms with E-state index in [4.69, 9.17) is 19.8 Å². The fourth-order valence-electron chi connectivity index (χ4n) is 4.32. The van der Waals surface area contributed by atoms with Crippen LogP contribution in [-0.2, 0) is 20.6 Å². The first kappa shape index (κ1) is 26.9. The number of amides is 1. The minimum atomic E-state index is -4.31. The Labute approximate surface area is 206 Å². The van der Waals surface area contributed by atoms with Crippen LogP contribution in [0.4, 0.5) is 18.9 Å². The number of unbranched alkanes of at least 4 members (excludes halogenated alkanes) is 1. The van der Waals surface area contributed by atoms with Crippen molar-refractivity contribution < 1.29 is 37.8 Å². The highest BCUT2D eigenvalue weighted by atomic mass is 19.4. The van der Waals surface area contributed by atoms with Crippen molar-refractivity contribution in [1.82, 2.24) is 4.90 Å². The molecule has 7 nitrogen and oxygen atoms in total. The summed E-state index contributed by atoms with van der Waals surface area (Å²) >= 11 is 0. The van der Waals surface area contributed by atoms with Gasteiger partial charge in [-0.2, -0.15) is 13.2 Å². The SMILES string of the molecule is O=C(O)C(=O)O.O=C1Nc2ccccc2C1CCCCN1CC=C(c2cccc(C(F)(F)F)c2)CC1. The lowest BCUT2D eigenvalue weighted by Crippen LogP contribution is -2.29. The summed E-state index contributed by atoms with van der Waals surface area (Å²) in [5.41, 5.74) is 3.07. The van der Waals surface area contributed by atoms with E-state index in [1.165, 1.54) is 12.1 Å². The number of benzene rings is 2. The number of carboxylic acids is 2. The van der Waals surface area contributed by atoms with Crippen molar-refractivity contribution in [3.05, 3.63) is 71.3 Å². The molecule has 2 aromatic rings. The Morgan fingerprint density at radius 3 is 2.39 bits per heavy atom. The fourth-order valence-corrected chi connectivity index (χ4v) is 4.32. The molecule has 1 atom stereocenters. The molecule has 2 aliphatic rings. The summed E-state index contributed by atoms with van der Waals surface area (Å²) in [5.74, 6) is -3.62. The van der Waals surface area contributed by atoms with Crippen LogP contribution in [0.1, 0.15) is 48.3 Å². The molecule has 0 aliphatic carbocycles. The molecule has 2 heterocycles. The molecule has 192 valence electrons. The minimum absolute atomic E-state index is 0.0602. The highest BCUT2D eigenvalue weighted by Gasteiger charge is 2.31. The number of fused-ring (bicyclic) bond motifs is 1. The maximum Gasteiger partial charge on any atom is 0.416 e. The molecular formula is C26H27F3N2O5. The van der Waals surface area contributed by atoms with Crippen LogP contribution in [0.25, 0.3) is 5.57 Å². The van der Waals surface area contributed by atoms with Gasteiger partial charge in [0.05, 0.1) is 11.5 Å². The molecule has 0 fully saturated rings. The molecule has 0 aromatic heterocycles. The van der Waals surface area contributed by atoms with Crippen LogP contribution in [0.3, 0.4) is 0 Å². The normalized spacial score (nSPS) is 17.4. The summed E-state index contributed by atoms with van der Waals surface area (Å²) in [6.45, 7) is 2.52. The number of anilines is 1. The van der Waals surface area contributed by atoms with Crippen LogP contribution in [0.15, 0.2) is 54.6 Å². The number of nitrogens with one attached hydrogen (secondary N) is 1. The number of hydrogen-bond acceptors (Lipinski definition) is 4. The van der Waals surface area contributed by atoms with E-state index >= 15 is 0 Å². The number of halogens is 3. The predicted molar refractivity (Wildman–Crippen MR) is 127 cm³/mol. The molecule has 3 N–H and O–H groups in total. The molecule has 0 saturated carbocycles. The second-order valence-electron chi connectivity index (χ2n) is 8.59. The van der Waals surface area contributed by atoms with E-state index in [9.17, 15) is 18.0 Å². The summed E-state index contributed by atoms with van der Waals surface area (Å²) in [6, 6.07) is 13.4. The molecule has 1 unspecified atom stereocenters. The average Bonchev–Trinajstić information content (AvgIpc) is 3.17. The Bertz CT molecular complexity index is 1130. The van der Waals surface area contributed by atoms with E-state index in [1.807, 2.05) is 30.3 Å². The van der Waals surface area contributed by atoms with Crippen LogP contribution >= 0.6 is 0 Å². The molecule has 1 amide bonds. The monoisotopic (exact) mass is 504 g/mol. The Morgan fingerprint density at radius 2 is 1.75 bits per heavy atom. The highest BCUT2D eigenvalue weighted by Crippen LogP contribution is 2.35. The molecule has 0 spiro atoms. The number of carbonyl (C=O) groups is 3. The van der Waals surface area contributed by atoms with Crippen LogP contribution in [-0.4, -0.2) is 52.6 Å². The zero-order valence-corrected chi connectivity index (χ0v) is 19.4.